The van der Waals surface area contributed by atoms with Crippen LogP contribution in [-0.4, -0.2) is 14.7 Å². The maximum absolute atomic E-state index is 9.07. The molecule has 0 saturated heterocycles. The van der Waals surface area contributed by atoms with Crippen molar-refractivity contribution in [3.63, 3.8) is 0 Å². The Balaban J connectivity index is 2.55. The average molecular weight is 202 g/mol. The van der Waals surface area contributed by atoms with Crippen molar-refractivity contribution in [2.75, 3.05) is 0 Å². The second kappa shape index (κ2) is 3.87. The van der Waals surface area contributed by atoms with Crippen LogP contribution < -0.4 is 0 Å². The Morgan fingerprint density at radius 2 is 2.00 bits per heavy atom. The van der Waals surface area contributed by atoms with E-state index < -0.39 is 0 Å². The number of aliphatic hydroxyl groups is 1. The predicted octanol–water partition coefficient (Wildman–Crippen LogP) is 1.98. The van der Waals surface area contributed by atoms with Gasteiger partial charge in [-0.15, -0.1) is 0 Å². The summed E-state index contributed by atoms with van der Waals surface area (Å²) in [6.07, 6.45) is 1.75. The number of para-hydroxylation sites is 1. The fourth-order valence-electron chi connectivity index (χ4n) is 1.68. The molecule has 15 heavy (non-hydrogen) atoms. The van der Waals surface area contributed by atoms with Gasteiger partial charge >= 0.3 is 0 Å². The highest BCUT2D eigenvalue weighted by atomic mass is 16.3. The summed E-state index contributed by atoms with van der Waals surface area (Å²) >= 11 is 0. The van der Waals surface area contributed by atoms with E-state index in [4.69, 9.17) is 5.11 Å². The van der Waals surface area contributed by atoms with Gasteiger partial charge in [0, 0.05) is 11.4 Å². The molecule has 0 radical (unpaired) electrons. The Bertz CT molecular complexity index is 474. The monoisotopic (exact) mass is 202 g/mol. The molecule has 1 heterocycles. The van der Waals surface area contributed by atoms with Crippen molar-refractivity contribution in [1.82, 2.24) is 9.55 Å². The molecule has 0 unspecified atom stereocenters. The number of hydrogen-bond donors (Lipinski definition) is 1. The zero-order valence-corrected chi connectivity index (χ0v) is 8.94. The molecule has 0 aliphatic heterocycles. The normalized spacial score (nSPS) is 10.6. The van der Waals surface area contributed by atoms with Crippen LogP contribution in [-0.2, 0) is 6.61 Å². The molecule has 3 heteroatoms. The summed E-state index contributed by atoms with van der Waals surface area (Å²) in [6, 6.07) is 8.12. The number of aliphatic hydroxyl groups excluding tert-OH is 1. The first-order valence-corrected chi connectivity index (χ1v) is 4.93. The van der Waals surface area contributed by atoms with Crippen molar-refractivity contribution < 1.29 is 5.11 Å². The molecule has 1 aromatic heterocycles. The maximum Gasteiger partial charge on any atom is 0.0998 e. The van der Waals surface area contributed by atoms with Gasteiger partial charge in [-0.25, -0.2) is 4.98 Å². The van der Waals surface area contributed by atoms with Crippen LogP contribution in [0.15, 0.2) is 30.6 Å². The van der Waals surface area contributed by atoms with Crippen molar-refractivity contribution in [1.29, 1.82) is 0 Å². The number of hydrogen-bond acceptors (Lipinski definition) is 2. The van der Waals surface area contributed by atoms with E-state index in [1.54, 1.807) is 6.33 Å². The first-order valence-electron chi connectivity index (χ1n) is 4.93. The summed E-state index contributed by atoms with van der Waals surface area (Å²) in [5.41, 5.74) is 4.04. The third-order valence-corrected chi connectivity index (χ3v) is 2.63. The van der Waals surface area contributed by atoms with Crippen molar-refractivity contribution in [2.24, 2.45) is 0 Å². The van der Waals surface area contributed by atoms with E-state index in [1.165, 1.54) is 5.56 Å². The minimum atomic E-state index is -0.00921. The molecule has 2 rings (SSSR count). The highest BCUT2D eigenvalue weighted by molar-refractivity contribution is 5.42. The van der Waals surface area contributed by atoms with E-state index in [0.717, 1.165) is 17.1 Å². The lowest BCUT2D eigenvalue weighted by molar-refractivity contribution is 0.276. The molecule has 0 saturated carbocycles. The summed E-state index contributed by atoms with van der Waals surface area (Å²) < 4.78 is 2.00. The van der Waals surface area contributed by atoms with Gasteiger partial charge in [-0.05, 0) is 25.5 Å². The van der Waals surface area contributed by atoms with Crippen LogP contribution >= 0.6 is 0 Å². The van der Waals surface area contributed by atoms with Crippen LogP contribution in [0, 0.1) is 13.8 Å². The highest BCUT2D eigenvalue weighted by Crippen LogP contribution is 2.17. The fourth-order valence-corrected chi connectivity index (χ4v) is 1.68. The Morgan fingerprint density at radius 3 is 2.60 bits per heavy atom. The molecule has 0 atom stereocenters. The van der Waals surface area contributed by atoms with Gasteiger partial charge < -0.3 is 9.67 Å². The lowest BCUT2D eigenvalue weighted by Crippen LogP contribution is -1.98. The molecular weight excluding hydrogens is 188 g/mol. The van der Waals surface area contributed by atoms with Crippen molar-refractivity contribution in [3.05, 3.63) is 47.5 Å². The Kier molecular flexibility index (Phi) is 2.56. The maximum atomic E-state index is 9.07. The molecule has 1 aromatic carbocycles. The quantitative estimate of drug-likeness (QED) is 0.808. The number of imidazole rings is 1. The van der Waals surface area contributed by atoms with E-state index in [1.807, 2.05) is 29.7 Å². The Morgan fingerprint density at radius 1 is 1.27 bits per heavy atom. The van der Waals surface area contributed by atoms with E-state index in [2.05, 4.69) is 18.0 Å². The largest absolute Gasteiger partial charge is 0.390 e. The molecule has 78 valence electrons. The molecule has 0 aliphatic carbocycles. The standard InChI is InChI=1S/C12H14N2O/c1-9-5-3-4-6-12(9)14-8-13-11(7-15)10(14)2/h3-6,8,15H,7H2,1-2H3. The fraction of sp³-hybridized carbons (Fsp3) is 0.250. The predicted molar refractivity (Wildman–Crippen MR) is 59.0 cm³/mol. The van der Waals surface area contributed by atoms with E-state index in [0.29, 0.717) is 0 Å². The molecule has 0 amide bonds. The number of benzene rings is 1. The van der Waals surface area contributed by atoms with Crippen LogP contribution in [0.25, 0.3) is 5.69 Å². The summed E-state index contributed by atoms with van der Waals surface area (Å²) in [7, 11) is 0. The minimum Gasteiger partial charge on any atom is -0.390 e. The van der Waals surface area contributed by atoms with Crippen LogP contribution in [0.3, 0.4) is 0 Å². The number of rotatable bonds is 2. The van der Waals surface area contributed by atoms with Gasteiger partial charge in [0.05, 0.1) is 18.6 Å². The number of nitrogens with zero attached hydrogens (tertiary/aromatic N) is 2. The zero-order chi connectivity index (χ0) is 10.8. The Labute approximate surface area is 89.0 Å². The molecule has 3 nitrogen and oxygen atoms in total. The lowest BCUT2D eigenvalue weighted by Gasteiger charge is -2.08. The number of aryl methyl sites for hydroxylation is 1. The van der Waals surface area contributed by atoms with Crippen LogP contribution in [0.2, 0.25) is 0 Å². The molecule has 0 bridgehead atoms. The van der Waals surface area contributed by atoms with Crippen LogP contribution in [0.1, 0.15) is 17.0 Å². The first-order chi connectivity index (χ1) is 7.24. The van der Waals surface area contributed by atoms with Crippen molar-refractivity contribution >= 4 is 0 Å². The second-order valence-electron chi connectivity index (χ2n) is 3.59. The van der Waals surface area contributed by atoms with Gasteiger partial charge in [0.1, 0.15) is 0 Å². The molecule has 0 aliphatic rings. The topological polar surface area (TPSA) is 38.0 Å². The first kappa shape index (κ1) is 9.93. The van der Waals surface area contributed by atoms with Crippen LogP contribution in [0.4, 0.5) is 0 Å². The van der Waals surface area contributed by atoms with E-state index in [-0.39, 0.29) is 6.61 Å². The number of aromatic nitrogens is 2. The SMILES string of the molecule is Cc1ccccc1-n1cnc(CO)c1C. The molecule has 0 spiro atoms. The van der Waals surface area contributed by atoms with Gasteiger partial charge in [-0.3, -0.25) is 0 Å². The van der Waals surface area contributed by atoms with E-state index >= 15 is 0 Å². The second-order valence-corrected chi connectivity index (χ2v) is 3.59. The van der Waals surface area contributed by atoms with Crippen molar-refractivity contribution in [3.8, 4) is 5.69 Å². The average Bonchev–Trinajstić information content (AvgIpc) is 2.60. The molecule has 0 fully saturated rings. The van der Waals surface area contributed by atoms with Gasteiger partial charge in [0.2, 0.25) is 0 Å². The molecule has 2 aromatic rings. The van der Waals surface area contributed by atoms with Gasteiger partial charge in [-0.2, -0.15) is 0 Å². The summed E-state index contributed by atoms with van der Waals surface area (Å²) in [4.78, 5) is 4.16. The molecular formula is C12H14N2O. The minimum absolute atomic E-state index is 0.00921. The van der Waals surface area contributed by atoms with Crippen molar-refractivity contribution in [2.45, 2.75) is 20.5 Å². The van der Waals surface area contributed by atoms with Gasteiger partial charge in [0.25, 0.3) is 0 Å². The summed E-state index contributed by atoms with van der Waals surface area (Å²) in [6.45, 7) is 4.02. The summed E-state index contributed by atoms with van der Waals surface area (Å²) in [5, 5.41) is 9.07. The Hall–Kier alpha value is -1.61. The zero-order valence-electron chi connectivity index (χ0n) is 8.94. The highest BCUT2D eigenvalue weighted by Gasteiger charge is 2.07. The van der Waals surface area contributed by atoms with Gasteiger partial charge in [0.15, 0.2) is 0 Å². The third-order valence-electron chi connectivity index (χ3n) is 2.63. The third kappa shape index (κ3) is 1.66. The lowest BCUT2D eigenvalue weighted by atomic mass is 10.2. The molecule has 1 N–H and O–H groups in total. The van der Waals surface area contributed by atoms with E-state index in [9.17, 15) is 0 Å². The van der Waals surface area contributed by atoms with Gasteiger partial charge in [-0.1, -0.05) is 18.2 Å². The summed E-state index contributed by atoms with van der Waals surface area (Å²) in [5.74, 6) is 0. The smallest absolute Gasteiger partial charge is 0.0998 e. The van der Waals surface area contributed by atoms with Crippen LogP contribution in [0.5, 0.6) is 0 Å².